The van der Waals surface area contributed by atoms with Gasteiger partial charge in [-0.15, -0.1) is 11.3 Å². The number of thiazole rings is 1. The van der Waals surface area contributed by atoms with E-state index in [4.69, 9.17) is 14.2 Å². The van der Waals surface area contributed by atoms with Crippen LogP contribution < -0.4 is 19.5 Å². The first-order valence-electron chi connectivity index (χ1n) is 7.99. The number of hydrogen-bond acceptors (Lipinski definition) is 6. The number of benzene rings is 2. The van der Waals surface area contributed by atoms with Crippen molar-refractivity contribution >= 4 is 17.2 Å². The molecule has 0 bridgehead atoms. The van der Waals surface area contributed by atoms with Crippen molar-refractivity contribution in [3.05, 3.63) is 59.1 Å². The maximum absolute atomic E-state index is 12.4. The average molecular weight is 368 g/mol. The summed E-state index contributed by atoms with van der Waals surface area (Å²) in [4.78, 5) is 16.8. The van der Waals surface area contributed by atoms with Crippen LogP contribution in [0.5, 0.6) is 17.2 Å². The molecule has 2 aromatic carbocycles. The topological polar surface area (TPSA) is 69.7 Å². The molecular formula is C19H16N2O4S. The second kappa shape index (κ2) is 7.05. The lowest BCUT2D eigenvalue weighted by Gasteiger charge is -2.05. The van der Waals surface area contributed by atoms with Crippen molar-refractivity contribution in [1.82, 2.24) is 10.3 Å². The highest BCUT2D eigenvalue weighted by molar-refractivity contribution is 7.13. The van der Waals surface area contributed by atoms with Gasteiger partial charge in [0.15, 0.2) is 11.5 Å². The second-order valence-electron chi connectivity index (χ2n) is 5.64. The van der Waals surface area contributed by atoms with Crippen LogP contribution in [0.25, 0.3) is 10.6 Å². The Morgan fingerprint density at radius 3 is 2.81 bits per heavy atom. The van der Waals surface area contributed by atoms with E-state index in [1.54, 1.807) is 12.5 Å². The number of carbonyl (C=O) groups excluding carboxylic acids is 1. The predicted octanol–water partition coefficient (Wildman–Crippen LogP) is 3.48. The first-order valence-corrected chi connectivity index (χ1v) is 8.87. The number of ether oxygens (including phenoxy) is 3. The van der Waals surface area contributed by atoms with E-state index in [1.807, 2.05) is 42.5 Å². The van der Waals surface area contributed by atoms with Crippen molar-refractivity contribution in [3.63, 3.8) is 0 Å². The molecule has 0 atom stereocenters. The van der Waals surface area contributed by atoms with Gasteiger partial charge < -0.3 is 19.5 Å². The molecule has 1 aliphatic heterocycles. The third-order valence-corrected chi connectivity index (χ3v) is 4.86. The standard InChI is InChI=1S/C19H16N2O4S/c1-23-14-5-3-13(4-6-14)19-21-15(10-26-19)18(22)20-9-12-2-7-16-17(8-12)25-11-24-16/h2-8,10H,9,11H2,1H3,(H,20,22). The molecule has 0 unspecified atom stereocenters. The molecule has 1 amide bonds. The van der Waals surface area contributed by atoms with E-state index in [-0.39, 0.29) is 12.7 Å². The van der Waals surface area contributed by atoms with E-state index < -0.39 is 0 Å². The lowest BCUT2D eigenvalue weighted by Crippen LogP contribution is -2.23. The number of methoxy groups -OCH3 is 1. The molecule has 0 saturated heterocycles. The number of hydrogen-bond donors (Lipinski definition) is 1. The predicted molar refractivity (Wildman–Crippen MR) is 97.8 cm³/mol. The summed E-state index contributed by atoms with van der Waals surface area (Å²) >= 11 is 1.43. The van der Waals surface area contributed by atoms with Gasteiger partial charge in [-0.1, -0.05) is 6.07 Å². The fourth-order valence-electron chi connectivity index (χ4n) is 2.57. The molecule has 0 fully saturated rings. The van der Waals surface area contributed by atoms with Crippen molar-refractivity contribution in [3.8, 4) is 27.8 Å². The van der Waals surface area contributed by atoms with Crippen molar-refractivity contribution in [2.75, 3.05) is 13.9 Å². The van der Waals surface area contributed by atoms with Crippen LogP contribution in [-0.2, 0) is 6.54 Å². The molecule has 1 N–H and O–H groups in total. The van der Waals surface area contributed by atoms with Gasteiger partial charge >= 0.3 is 0 Å². The Bertz CT molecular complexity index is 937. The first-order chi connectivity index (χ1) is 12.7. The van der Waals surface area contributed by atoms with E-state index in [1.165, 1.54) is 11.3 Å². The lowest BCUT2D eigenvalue weighted by atomic mass is 10.2. The van der Waals surface area contributed by atoms with E-state index >= 15 is 0 Å². The summed E-state index contributed by atoms with van der Waals surface area (Å²) in [6.07, 6.45) is 0. The molecule has 132 valence electrons. The quantitative estimate of drug-likeness (QED) is 0.747. The molecule has 4 rings (SSSR count). The highest BCUT2D eigenvalue weighted by atomic mass is 32.1. The molecule has 0 saturated carbocycles. The smallest absolute Gasteiger partial charge is 0.271 e. The van der Waals surface area contributed by atoms with Crippen LogP contribution in [0.1, 0.15) is 16.1 Å². The van der Waals surface area contributed by atoms with Crippen molar-refractivity contribution in [1.29, 1.82) is 0 Å². The van der Waals surface area contributed by atoms with Crippen LogP contribution >= 0.6 is 11.3 Å². The Kier molecular flexibility index (Phi) is 4.45. The number of rotatable bonds is 5. The van der Waals surface area contributed by atoms with Crippen LogP contribution in [0.3, 0.4) is 0 Å². The van der Waals surface area contributed by atoms with Crippen LogP contribution in [-0.4, -0.2) is 24.8 Å². The number of nitrogens with one attached hydrogen (secondary N) is 1. The molecule has 0 aliphatic carbocycles. The Balaban J connectivity index is 1.41. The molecular weight excluding hydrogens is 352 g/mol. The Morgan fingerprint density at radius 1 is 1.19 bits per heavy atom. The number of aromatic nitrogens is 1. The van der Waals surface area contributed by atoms with E-state index in [9.17, 15) is 4.79 Å². The molecule has 3 aromatic rings. The summed E-state index contributed by atoms with van der Waals surface area (Å²) in [5, 5.41) is 5.43. The average Bonchev–Trinajstić information content (AvgIpc) is 3.35. The zero-order valence-electron chi connectivity index (χ0n) is 14.0. The van der Waals surface area contributed by atoms with E-state index in [0.717, 1.165) is 27.6 Å². The minimum absolute atomic E-state index is 0.210. The third kappa shape index (κ3) is 3.34. The number of fused-ring (bicyclic) bond motifs is 1. The van der Waals surface area contributed by atoms with Crippen LogP contribution in [0, 0.1) is 0 Å². The summed E-state index contributed by atoms with van der Waals surface area (Å²) in [5.74, 6) is 2.00. The van der Waals surface area contributed by atoms with Crippen molar-refractivity contribution < 1.29 is 19.0 Å². The van der Waals surface area contributed by atoms with Gasteiger partial charge in [0.1, 0.15) is 16.5 Å². The minimum Gasteiger partial charge on any atom is -0.497 e. The van der Waals surface area contributed by atoms with Crippen LogP contribution in [0.4, 0.5) is 0 Å². The highest BCUT2D eigenvalue weighted by Crippen LogP contribution is 2.32. The summed E-state index contributed by atoms with van der Waals surface area (Å²) in [7, 11) is 1.63. The van der Waals surface area contributed by atoms with E-state index in [0.29, 0.717) is 18.0 Å². The van der Waals surface area contributed by atoms with Gasteiger partial charge in [-0.05, 0) is 42.0 Å². The van der Waals surface area contributed by atoms with Crippen molar-refractivity contribution in [2.45, 2.75) is 6.54 Å². The largest absolute Gasteiger partial charge is 0.497 e. The van der Waals surface area contributed by atoms with Crippen LogP contribution in [0.2, 0.25) is 0 Å². The van der Waals surface area contributed by atoms with Gasteiger partial charge in [0.05, 0.1) is 7.11 Å². The van der Waals surface area contributed by atoms with Gasteiger partial charge in [-0.3, -0.25) is 4.79 Å². The monoisotopic (exact) mass is 368 g/mol. The van der Waals surface area contributed by atoms with Gasteiger partial charge in [-0.2, -0.15) is 0 Å². The molecule has 0 spiro atoms. The molecule has 2 heterocycles. The molecule has 7 heteroatoms. The summed E-state index contributed by atoms with van der Waals surface area (Å²) in [5.41, 5.74) is 2.29. The Labute approximate surface area is 154 Å². The maximum atomic E-state index is 12.4. The normalized spacial score (nSPS) is 12.0. The SMILES string of the molecule is COc1ccc(-c2nc(C(=O)NCc3ccc4c(c3)OCO4)cs2)cc1. The highest BCUT2D eigenvalue weighted by Gasteiger charge is 2.15. The summed E-state index contributed by atoms with van der Waals surface area (Å²) < 4.78 is 15.8. The zero-order chi connectivity index (χ0) is 17.9. The molecule has 0 radical (unpaired) electrons. The lowest BCUT2D eigenvalue weighted by molar-refractivity contribution is 0.0946. The first kappa shape index (κ1) is 16.4. The number of nitrogens with zero attached hydrogens (tertiary/aromatic N) is 1. The molecule has 26 heavy (non-hydrogen) atoms. The van der Waals surface area contributed by atoms with Gasteiger partial charge in [0, 0.05) is 17.5 Å². The Hall–Kier alpha value is -3.06. The number of amides is 1. The fraction of sp³-hybridized carbons (Fsp3) is 0.158. The second-order valence-corrected chi connectivity index (χ2v) is 6.49. The van der Waals surface area contributed by atoms with E-state index in [2.05, 4.69) is 10.3 Å². The third-order valence-electron chi connectivity index (χ3n) is 3.96. The van der Waals surface area contributed by atoms with Gasteiger partial charge in [0.2, 0.25) is 6.79 Å². The molecule has 1 aliphatic rings. The summed E-state index contributed by atoms with van der Waals surface area (Å²) in [6, 6.07) is 13.2. The van der Waals surface area contributed by atoms with Gasteiger partial charge in [-0.25, -0.2) is 4.98 Å². The zero-order valence-corrected chi connectivity index (χ0v) is 14.8. The summed E-state index contributed by atoms with van der Waals surface area (Å²) in [6.45, 7) is 0.628. The van der Waals surface area contributed by atoms with Crippen LogP contribution in [0.15, 0.2) is 47.8 Å². The molecule has 1 aromatic heterocycles. The minimum atomic E-state index is -0.210. The maximum Gasteiger partial charge on any atom is 0.271 e. The number of carbonyl (C=O) groups is 1. The van der Waals surface area contributed by atoms with Crippen molar-refractivity contribution in [2.24, 2.45) is 0 Å². The molecule has 6 nitrogen and oxygen atoms in total. The van der Waals surface area contributed by atoms with Gasteiger partial charge in [0.25, 0.3) is 5.91 Å². The fourth-order valence-corrected chi connectivity index (χ4v) is 3.37. The Morgan fingerprint density at radius 2 is 2.00 bits per heavy atom.